The van der Waals surface area contributed by atoms with Crippen molar-refractivity contribution in [1.29, 1.82) is 0 Å². The van der Waals surface area contributed by atoms with Crippen LogP contribution in [0.2, 0.25) is 0 Å². The average molecular weight is 331 g/mol. The van der Waals surface area contributed by atoms with Crippen molar-refractivity contribution in [3.63, 3.8) is 0 Å². The molecule has 2 aromatic rings. The number of hydrogen-bond donors (Lipinski definition) is 2. The number of halogens is 1. The van der Waals surface area contributed by atoms with Crippen molar-refractivity contribution in [2.24, 2.45) is 0 Å². The van der Waals surface area contributed by atoms with Crippen LogP contribution < -0.4 is 4.72 Å². The monoisotopic (exact) mass is 330 g/mol. The molecule has 0 fully saturated rings. The average Bonchev–Trinajstić information content (AvgIpc) is 2.82. The van der Waals surface area contributed by atoms with Crippen LogP contribution in [0.3, 0.4) is 0 Å². The van der Waals surface area contributed by atoms with E-state index in [4.69, 9.17) is 0 Å². The van der Waals surface area contributed by atoms with Crippen LogP contribution in [0.5, 0.6) is 0 Å². The van der Waals surface area contributed by atoms with Gasteiger partial charge in [-0.25, -0.2) is 13.1 Å². The van der Waals surface area contributed by atoms with Crippen molar-refractivity contribution in [1.82, 2.24) is 20.1 Å². The van der Waals surface area contributed by atoms with Crippen molar-refractivity contribution < 1.29 is 8.42 Å². The number of rotatable bonds is 5. The van der Waals surface area contributed by atoms with Gasteiger partial charge in [0.25, 0.3) is 0 Å². The number of benzene rings is 1. The first-order chi connectivity index (χ1) is 8.58. The van der Waals surface area contributed by atoms with E-state index in [2.05, 4.69) is 36.1 Å². The molecule has 8 heteroatoms. The number of nitrogens with zero attached hydrogens (tertiary/aromatic N) is 2. The van der Waals surface area contributed by atoms with Gasteiger partial charge in [0.1, 0.15) is 0 Å². The Morgan fingerprint density at radius 3 is 2.61 bits per heavy atom. The summed E-state index contributed by atoms with van der Waals surface area (Å²) in [5.74, 6) is 0. The lowest BCUT2D eigenvalue weighted by Crippen LogP contribution is -2.26. The molecule has 6 nitrogen and oxygen atoms in total. The molecule has 96 valence electrons. The SMILES string of the molecule is O=S(=O)(NCCc1c[nH]nn1)c1ccc(Br)cc1. The van der Waals surface area contributed by atoms with Gasteiger partial charge in [-0.1, -0.05) is 21.1 Å². The first-order valence-electron chi connectivity index (χ1n) is 5.18. The van der Waals surface area contributed by atoms with Crippen LogP contribution in [-0.2, 0) is 16.4 Å². The first-order valence-corrected chi connectivity index (χ1v) is 7.46. The van der Waals surface area contributed by atoms with Crippen LogP contribution in [0.15, 0.2) is 39.8 Å². The Hall–Kier alpha value is -1.25. The minimum absolute atomic E-state index is 0.242. The van der Waals surface area contributed by atoms with Gasteiger partial charge >= 0.3 is 0 Å². The molecule has 0 saturated heterocycles. The fourth-order valence-electron chi connectivity index (χ4n) is 1.36. The van der Waals surface area contributed by atoms with E-state index in [9.17, 15) is 8.42 Å². The van der Waals surface area contributed by atoms with Gasteiger partial charge in [0.05, 0.1) is 10.6 Å². The van der Waals surface area contributed by atoms with Crippen LogP contribution >= 0.6 is 15.9 Å². The second-order valence-corrected chi connectivity index (χ2v) is 6.25. The lowest BCUT2D eigenvalue weighted by atomic mass is 10.3. The molecule has 0 radical (unpaired) electrons. The molecule has 0 spiro atoms. The molecule has 0 bridgehead atoms. The van der Waals surface area contributed by atoms with Crippen molar-refractivity contribution in [2.45, 2.75) is 11.3 Å². The summed E-state index contributed by atoms with van der Waals surface area (Å²) in [6, 6.07) is 6.46. The second-order valence-electron chi connectivity index (χ2n) is 3.57. The third-order valence-corrected chi connectivity index (χ3v) is 4.27. The highest BCUT2D eigenvalue weighted by Crippen LogP contribution is 2.14. The summed E-state index contributed by atoms with van der Waals surface area (Å²) in [6.45, 7) is 0.283. The van der Waals surface area contributed by atoms with E-state index < -0.39 is 10.0 Å². The molecule has 0 unspecified atom stereocenters. The molecule has 18 heavy (non-hydrogen) atoms. The number of sulfonamides is 1. The van der Waals surface area contributed by atoms with Crippen LogP contribution in [0.25, 0.3) is 0 Å². The molecule has 0 aliphatic heterocycles. The molecular weight excluding hydrogens is 320 g/mol. The van der Waals surface area contributed by atoms with Gasteiger partial charge in [0.15, 0.2) is 0 Å². The van der Waals surface area contributed by atoms with Gasteiger partial charge in [0, 0.05) is 23.6 Å². The zero-order valence-electron chi connectivity index (χ0n) is 9.30. The molecule has 0 aliphatic carbocycles. The van der Waals surface area contributed by atoms with Gasteiger partial charge in [0.2, 0.25) is 10.0 Å². The quantitative estimate of drug-likeness (QED) is 0.858. The topological polar surface area (TPSA) is 87.7 Å². The summed E-state index contributed by atoms with van der Waals surface area (Å²) in [6.07, 6.45) is 2.13. The Morgan fingerprint density at radius 2 is 2.00 bits per heavy atom. The zero-order chi connectivity index (χ0) is 13.0. The molecule has 0 saturated carbocycles. The van der Waals surface area contributed by atoms with Crippen LogP contribution in [0.1, 0.15) is 5.69 Å². The van der Waals surface area contributed by atoms with Gasteiger partial charge < -0.3 is 0 Å². The lowest BCUT2D eigenvalue weighted by Gasteiger charge is -2.05. The third-order valence-electron chi connectivity index (χ3n) is 2.26. The van der Waals surface area contributed by atoms with Crippen molar-refractivity contribution >= 4 is 26.0 Å². The van der Waals surface area contributed by atoms with Crippen LogP contribution in [0.4, 0.5) is 0 Å². The van der Waals surface area contributed by atoms with Gasteiger partial charge in [-0.05, 0) is 24.3 Å². The fourth-order valence-corrected chi connectivity index (χ4v) is 2.65. The maximum Gasteiger partial charge on any atom is 0.240 e. The van der Waals surface area contributed by atoms with Gasteiger partial charge in [-0.3, -0.25) is 5.10 Å². The normalized spacial score (nSPS) is 11.6. The highest BCUT2D eigenvalue weighted by Gasteiger charge is 2.12. The Bertz CT molecular complexity index is 595. The smallest absolute Gasteiger partial charge is 0.240 e. The Kier molecular flexibility index (Phi) is 4.10. The van der Waals surface area contributed by atoms with Crippen molar-refractivity contribution in [2.75, 3.05) is 6.54 Å². The summed E-state index contributed by atoms with van der Waals surface area (Å²) in [4.78, 5) is 0.242. The maximum atomic E-state index is 11.9. The van der Waals surface area contributed by atoms with E-state index in [0.29, 0.717) is 12.1 Å². The van der Waals surface area contributed by atoms with Crippen molar-refractivity contribution in [3.05, 3.63) is 40.6 Å². The molecule has 0 atom stereocenters. The summed E-state index contributed by atoms with van der Waals surface area (Å²) < 4.78 is 27.1. The van der Waals surface area contributed by atoms with Gasteiger partial charge in [-0.15, -0.1) is 5.10 Å². The minimum atomic E-state index is -3.46. The molecular formula is C10H11BrN4O2S. The number of H-pyrrole nitrogens is 1. The van der Waals surface area contributed by atoms with Crippen LogP contribution in [-0.4, -0.2) is 30.4 Å². The Morgan fingerprint density at radius 1 is 1.28 bits per heavy atom. The molecule has 1 aromatic heterocycles. The third kappa shape index (κ3) is 3.37. The minimum Gasteiger partial charge on any atom is -0.265 e. The number of aromatic amines is 1. The molecule has 0 amide bonds. The van der Waals surface area contributed by atoms with E-state index in [1.54, 1.807) is 30.5 Å². The van der Waals surface area contributed by atoms with Crippen molar-refractivity contribution in [3.8, 4) is 0 Å². The van der Waals surface area contributed by atoms with E-state index in [-0.39, 0.29) is 11.4 Å². The summed E-state index contributed by atoms with van der Waals surface area (Å²) in [7, 11) is -3.46. The standard InChI is InChI=1S/C10H11BrN4O2S/c11-8-1-3-10(4-2-8)18(16,17)13-6-5-9-7-12-15-14-9/h1-4,7,13H,5-6H2,(H,12,14,15). The largest absolute Gasteiger partial charge is 0.265 e. The maximum absolute atomic E-state index is 11.9. The molecule has 1 aromatic carbocycles. The first kappa shape index (κ1) is 13.2. The molecule has 1 heterocycles. The Balaban J connectivity index is 1.97. The second kappa shape index (κ2) is 5.59. The highest BCUT2D eigenvalue weighted by atomic mass is 79.9. The summed E-state index contributed by atoms with van der Waals surface area (Å²) in [5, 5.41) is 9.89. The van der Waals surface area contributed by atoms with E-state index >= 15 is 0 Å². The zero-order valence-corrected chi connectivity index (χ0v) is 11.7. The molecule has 2 N–H and O–H groups in total. The number of hydrogen-bond acceptors (Lipinski definition) is 4. The predicted molar refractivity (Wildman–Crippen MR) is 69.4 cm³/mol. The predicted octanol–water partition coefficient (Wildman–Crippen LogP) is 1.09. The van der Waals surface area contributed by atoms with E-state index in [1.165, 1.54) is 0 Å². The number of aromatic nitrogens is 3. The molecule has 2 rings (SSSR count). The lowest BCUT2D eigenvalue weighted by molar-refractivity contribution is 0.581. The number of nitrogens with one attached hydrogen (secondary N) is 2. The van der Waals surface area contributed by atoms with E-state index in [0.717, 1.165) is 4.47 Å². The summed E-state index contributed by atoms with van der Waals surface area (Å²) in [5.41, 5.74) is 0.716. The summed E-state index contributed by atoms with van der Waals surface area (Å²) >= 11 is 3.26. The highest BCUT2D eigenvalue weighted by molar-refractivity contribution is 9.10. The van der Waals surface area contributed by atoms with Gasteiger partial charge in [-0.2, -0.15) is 0 Å². The van der Waals surface area contributed by atoms with E-state index in [1.807, 2.05) is 0 Å². The van der Waals surface area contributed by atoms with Crippen LogP contribution in [0, 0.1) is 0 Å². The fraction of sp³-hybridized carbons (Fsp3) is 0.200. The molecule has 0 aliphatic rings. The Labute approximate surface area is 113 Å².